The van der Waals surface area contributed by atoms with Crippen molar-refractivity contribution in [1.82, 2.24) is 10.3 Å². The zero-order valence-electron chi connectivity index (χ0n) is 10.6. The van der Waals surface area contributed by atoms with Gasteiger partial charge in [-0.1, -0.05) is 18.2 Å². The second kappa shape index (κ2) is 7.53. The molecule has 2 aromatic rings. The number of para-hydroxylation sites is 1. The molecule has 0 radical (unpaired) electrons. The van der Waals surface area contributed by atoms with E-state index in [4.69, 9.17) is 0 Å². The highest BCUT2D eigenvalue weighted by molar-refractivity contribution is 5.85. The molecule has 5 heteroatoms. The maximum atomic E-state index is 4.64. The van der Waals surface area contributed by atoms with Gasteiger partial charge in [-0.05, 0) is 44.1 Å². The number of piperidine rings is 1. The van der Waals surface area contributed by atoms with Crippen LogP contribution in [0.2, 0.25) is 0 Å². The number of nitrogens with zero attached hydrogens (tertiary/aromatic N) is 1. The molecule has 1 aliphatic rings. The fraction of sp³-hybridized carbons (Fsp3) is 0.357. The number of pyridine rings is 1. The average molecular weight is 300 g/mol. The lowest BCUT2D eigenvalue weighted by Gasteiger charge is -2.24. The highest BCUT2D eigenvalue weighted by atomic mass is 35.5. The van der Waals surface area contributed by atoms with Crippen LogP contribution in [0.1, 0.15) is 12.8 Å². The van der Waals surface area contributed by atoms with Crippen molar-refractivity contribution in [3.8, 4) is 0 Å². The summed E-state index contributed by atoms with van der Waals surface area (Å²) in [5, 5.41) is 8.09. The Morgan fingerprint density at radius 3 is 2.53 bits per heavy atom. The van der Waals surface area contributed by atoms with Gasteiger partial charge < -0.3 is 10.6 Å². The van der Waals surface area contributed by atoms with Crippen LogP contribution < -0.4 is 10.6 Å². The van der Waals surface area contributed by atoms with Gasteiger partial charge in [-0.25, -0.2) is 4.98 Å². The minimum atomic E-state index is 0. The first-order valence-electron chi connectivity index (χ1n) is 6.25. The maximum Gasteiger partial charge on any atom is 0.126 e. The average Bonchev–Trinajstić information content (AvgIpc) is 2.40. The Labute approximate surface area is 126 Å². The van der Waals surface area contributed by atoms with Crippen LogP contribution in [0.3, 0.4) is 0 Å². The molecule has 1 aromatic heterocycles. The lowest BCUT2D eigenvalue weighted by Crippen LogP contribution is -2.35. The number of hydrogen-bond donors (Lipinski definition) is 2. The topological polar surface area (TPSA) is 37.0 Å². The predicted molar refractivity (Wildman–Crippen MR) is 85.8 cm³/mol. The van der Waals surface area contributed by atoms with Crippen LogP contribution >= 0.6 is 24.8 Å². The summed E-state index contributed by atoms with van der Waals surface area (Å²) in [6, 6.07) is 13.0. The van der Waals surface area contributed by atoms with E-state index in [9.17, 15) is 0 Å². The summed E-state index contributed by atoms with van der Waals surface area (Å²) in [7, 11) is 0. The Balaban J connectivity index is 0.000000902. The summed E-state index contributed by atoms with van der Waals surface area (Å²) in [4.78, 5) is 4.64. The fourth-order valence-corrected chi connectivity index (χ4v) is 2.32. The van der Waals surface area contributed by atoms with E-state index < -0.39 is 0 Å². The summed E-state index contributed by atoms with van der Waals surface area (Å²) in [5.41, 5.74) is 1.06. The summed E-state index contributed by atoms with van der Waals surface area (Å²) >= 11 is 0. The minimum absolute atomic E-state index is 0. The first kappa shape index (κ1) is 16.0. The largest absolute Gasteiger partial charge is 0.367 e. The van der Waals surface area contributed by atoms with E-state index in [0.717, 1.165) is 24.4 Å². The van der Waals surface area contributed by atoms with Crippen LogP contribution in [0.15, 0.2) is 36.4 Å². The van der Waals surface area contributed by atoms with Gasteiger partial charge in [0.05, 0.1) is 5.52 Å². The van der Waals surface area contributed by atoms with Gasteiger partial charge in [0, 0.05) is 11.4 Å². The molecule has 0 atom stereocenters. The molecule has 0 aliphatic carbocycles. The third kappa shape index (κ3) is 3.96. The van der Waals surface area contributed by atoms with Gasteiger partial charge in [0.1, 0.15) is 5.82 Å². The third-order valence-corrected chi connectivity index (χ3v) is 3.29. The number of nitrogens with one attached hydrogen (secondary N) is 2. The first-order valence-corrected chi connectivity index (χ1v) is 6.25. The second-order valence-corrected chi connectivity index (χ2v) is 4.56. The number of benzene rings is 1. The third-order valence-electron chi connectivity index (χ3n) is 3.29. The van der Waals surface area contributed by atoms with E-state index >= 15 is 0 Å². The molecule has 2 heterocycles. The van der Waals surface area contributed by atoms with E-state index in [1.165, 1.54) is 18.2 Å². The van der Waals surface area contributed by atoms with Gasteiger partial charge in [-0.15, -0.1) is 24.8 Å². The number of fused-ring (bicyclic) bond motifs is 1. The van der Waals surface area contributed by atoms with Gasteiger partial charge in [0.15, 0.2) is 0 Å². The number of anilines is 1. The monoisotopic (exact) mass is 299 g/mol. The van der Waals surface area contributed by atoms with Crippen molar-refractivity contribution in [2.75, 3.05) is 18.4 Å². The van der Waals surface area contributed by atoms with Gasteiger partial charge in [0.25, 0.3) is 0 Å². The molecule has 0 unspecified atom stereocenters. The molecule has 1 aliphatic heterocycles. The molecule has 104 valence electrons. The summed E-state index contributed by atoms with van der Waals surface area (Å²) < 4.78 is 0. The van der Waals surface area contributed by atoms with Crippen molar-refractivity contribution in [3.63, 3.8) is 0 Å². The van der Waals surface area contributed by atoms with E-state index in [0.29, 0.717) is 6.04 Å². The van der Waals surface area contributed by atoms with Crippen molar-refractivity contribution < 1.29 is 0 Å². The van der Waals surface area contributed by atoms with E-state index in [1.807, 2.05) is 12.1 Å². The second-order valence-electron chi connectivity index (χ2n) is 4.56. The molecule has 2 N–H and O–H groups in total. The molecule has 0 saturated carbocycles. The highest BCUT2D eigenvalue weighted by Gasteiger charge is 2.12. The number of hydrogen-bond acceptors (Lipinski definition) is 3. The zero-order valence-corrected chi connectivity index (χ0v) is 12.3. The Morgan fingerprint density at radius 2 is 1.74 bits per heavy atom. The van der Waals surface area contributed by atoms with E-state index in [2.05, 4.69) is 39.9 Å². The van der Waals surface area contributed by atoms with Crippen LogP contribution in [-0.2, 0) is 0 Å². The number of halogens is 2. The highest BCUT2D eigenvalue weighted by Crippen LogP contribution is 2.16. The molecule has 1 fully saturated rings. The summed E-state index contributed by atoms with van der Waals surface area (Å²) in [6.07, 6.45) is 2.35. The van der Waals surface area contributed by atoms with Crippen molar-refractivity contribution in [1.29, 1.82) is 0 Å². The van der Waals surface area contributed by atoms with Crippen LogP contribution in [0.25, 0.3) is 10.9 Å². The molecule has 3 nitrogen and oxygen atoms in total. The lowest BCUT2D eigenvalue weighted by atomic mass is 10.1. The lowest BCUT2D eigenvalue weighted by molar-refractivity contribution is 0.478. The molecule has 19 heavy (non-hydrogen) atoms. The van der Waals surface area contributed by atoms with Crippen LogP contribution in [0, 0.1) is 0 Å². The quantitative estimate of drug-likeness (QED) is 0.894. The minimum Gasteiger partial charge on any atom is -0.367 e. The van der Waals surface area contributed by atoms with Crippen molar-refractivity contribution in [2.24, 2.45) is 0 Å². The SMILES string of the molecule is Cl.Cl.c1ccc2nc(NC3CCNCC3)ccc2c1. The first-order chi connectivity index (χ1) is 8.42. The van der Waals surface area contributed by atoms with E-state index in [1.54, 1.807) is 0 Å². The number of rotatable bonds is 2. The number of aromatic nitrogens is 1. The Kier molecular flexibility index (Phi) is 6.35. The molecular formula is C14H19Cl2N3. The van der Waals surface area contributed by atoms with Gasteiger partial charge in [0.2, 0.25) is 0 Å². The van der Waals surface area contributed by atoms with Crippen molar-refractivity contribution in [2.45, 2.75) is 18.9 Å². The normalized spacial score (nSPS) is 15.4. The predicted octanol–water partition coefficient (Wildman–Crippen LogP) is 3.24. The van der Waals surface area contributed by atoms with Crippen LogP contribution in [0.4, 0.5) is 5.82 Å². The Bertz CT molecular complexity index is 513. The van der Waals surface area contributed by atoms with E-state index in [-0.39, 0.29) is 24.8 Å². The fourth-order valence-electron chi connectivity index (χ4n) is 2.32. The maximum absolute atomic E-state index is 4.64. The molecule has 0 amide bonds. The molecule has 0 spiro atoms. The Morgan fingerprint density at radius 1 is 1.00 bits per heavy atom. The van der Waals surface area contributed by atoms with Crippen molar-refractivity contribution in [3.05, 3.63) is 36.4 Å². The molecule has 3 rings (SSSR count). The summed E-state index contributed by atoms with van der Waals surface area (Å²) in [6.45, 7) is 2.20. The standard InChI is InChI=1S/C14H17N3.2ClH/c1-2-4-13-11(3-1)5-6-14(17-13)16-12-7-9-15-10-8-12;;/h1-6,12,15H,7-10H2,(H,16,17);2*1H. The van der Waals surface area contributed by atoms with Gasteiger partial charge in [-0.2, -0.15) is 0 Å². The molecular weight excluding hydrogens is 281 g/mol. The molecule has 1 saturated heterocycles. The van der Waals surface area contributed by atoms with Crippen molar-refractivity contribution >= 4 is 41.5 Å². The van der Waals surface area contributed by atoms with Gasteiger partial charge in [-0.3, -0.25) is 0 Å². The zero-order chi connectivity index (χ0) is 11.5. The Hall–Kier alpha value is -1.03. The van der Waals surface area contributed by atoms with Crippen LogP contribution in [-0.4, -0.2) is 24.1 Å². The van der Waals surface area contributed by atoms with Gasteiger partial charge >= 0.3 is 0 Å². The molecule has 0 bridgehead atoms. The smallest absolute Gasteiger partial charge is 0.126 e. The van der Waals surface area contributed by atoms with Crippen LogP contribution in [0.5, 0.6) is 0 Å². The summed E-state index contributed by atoms with van der Waals surface area (Å²) in [5.74, 6) is 0.996. The molecule has 1 aromatic carbocycles.